The summed E-state index contributed by atoms with van der Waals surface area (Å²) >= 11 is 0. The minimum atomic E-state index is -0.577. The van der Waals surface area contributed by atoms with Crippen molar-refractivity contribution in [1.29, 1.82) is 0 Å². The van der Waals surface area contributed by atoms with Crippen LogP contribution in [0.15, 0.2) is 0 Å². The zero-order chi connectivity index (χ0) is 13.9. The van der Waals surface area contributed by atoms with E-state index in [2.05, 4.69) is 13.8 Å². The molecule has 2 N–H and O–H groups in total. The molecule has 0 spiro atoms. The molecule has 1 unspecified atom stereocenters. The first-order chi connectivity index (χ1) is 9.01. The Morgan fingerprint density at radius 1 is 1.40 bits per heavy atom. The van der Waals surface area contributed by atoms with Crippen LogP contribution in [0.5, 0.6) is 0 Å². The summed E-state index contributed by atoms with van der Waals surface area (Å²) in [6, 6.07) is 0. The second-order valence-electron chi connectivity index (χ2n) is 6.58. The molecule has 4 nitrogen and oxygen atoms in total. The van der Waals surface area contributed by atoms with Gasteiger partial charge in [-0.2, -0.15) is 0 Å². The maximum atomic E-state index is 12.4. The summed E-state index contributed by atoms with van der Waals surface area (Å²) in [6.45, 7) is 6.75. The number of hydrogen-bond donors (Lipinski definition) is 1. The first kappa shape index (κ1) is 17.7. The number of nitrogens with zero attached hydrogens (tertiary/aromatic N) is 1. The number of hydrogen-bond acceptors (Lipinski definition) is 3. The minimum absolute atomic E-state index is 0. The summed E-state index contributed by atoms with van der Waals surface area (Å²) < 4.78 is 5.86. The van der Waals surface area contributed by atoms with Crippen LogP contribution < -0.4 is 5.73 Å². The zero-order valence-electron chi connectivity index (χ0n) is 12.8. The van der Waals surface area contributed by atoms with Gasteiger partial charge in [0.15, 0.2) is 0 Å². The predicted octanol–water partition coefficient (Wildman–Crippen LogP) is 2.34. The van der Waals surface area contributed by atoms with Crippen LogP contribution in [0.1, 0.15) is 52.4 Å². The van der Waals surface area contributed by atoms with E-state index in [9.17, 15) is 4.79 Å². The highest BCUT2D eigenvalue weighted by Gasteiger charge is 2.41. The Hall–Kier alpha value is -0.320. The van der Waals surface area contributed by atoms with Crippen LogP contribution in [0.25, 0.3) is 0 Å². The lowest BCUT2D eigenvalue weighted by atomic mass is 9.97. The molecule has 2 rings (SSSR count). The van der Waals surface area contributed by atoms with Gasteiger partial charge in [-0.1, -0.05) is 26.7 Å². The van der Waals surface area contributed by atoms with Gasteiger partial charge in [0.2, 0.25) is 5.91 Å². The lowest BCUT2D eigenvalue weighted by molar-refractivity contribution is -0.136. The van der Waals surface area contributed by atoms with Crippen molar-refractivity contribution in [1.82, 2.24) is 4.90 Å². The van der Waals surface area contributed by atoms with Gasteiger partial charge in [0.1, 0.15) is 0 Å². The molecule has 5 heteroatoms. The fraction of sp³-hybridized carbons (Fsp3) is 0.933. The highest BCUT2D eigenvalue weighted by atomic mass is 35.5. The van der Waals surface area contributed by atoms with Gasteiger partial charge in [-0.15, -0.1) is 12.4 Å². The molecular weight excluding hydrogens is 276 g/mol. The molecule has 1 amide bonds. The van der Waals surface area contributed by atoms with Crippen molar-refractivity contribution in [2.24, 2.45) is 11.7 Å². The molecule has 1 heterocycles. The zero-order valence-corrected chi connectivity index (χ0v) is 13.6. The summed E-state index contributed by atoms with van der Waals surface area (Å²) in [5, 5.41) is 0. The molecule has 1 atom stereocenters. The number of carbonyl (C=O) groups excluding carboxylic acids is 1. The van der Waals surface area contributed by atoms with Gasteiger partial charge in [0.25, 0.3) is 0 Å². The molecule has 2 fully saturated rings. The molecule has 118 valence electrons. The Morgan fingerprint density at radius 3 is 2.65 bits per heavy atom. The number of amides is 1. The van der Waals surface area contributed by atoms with E-state index >= 15 is 0 Å². The second-order valence-corrected chi connectivity index (χ2v) is 6.58. The average Bonchev–Trinajstić information content (AvgIpc) is 2.98. The summed E-state index contributed by atoms with van der Waals surface area (Å²) in [4.78, 5) is 14.4. The van der Waals surface area contributed by atoms with Crippen LogP contribution in [-0.4, -0.2) is 42.1 Å². The van der Waals surface area contributed by atoms with Gasteiger partial charge in [0.05, 0.1) is 11.6 Å². The van der Waals surface area contributed by atoms with E-state index in [4.69, 9.17) is 10.5 Å². The smallest absolute Gasteiger partial charge is 0.242 e. The fourth-order valence-electron chi connectivity index (χ4n) is 3.05. The maximum Gasteiger partial charge on any atom is 0.242 e. The van der Waals surface area contributed by atoms with Crippen molar-refractivity contribution in [2.45, 2.75) is 64.0 Å². The molecule has 0 aromatic rings. The quantitative estimate of drug-likeness (QED) is 0.848. The van der Waals surface area contributed by atoms with Crippen LogP contribution in [0.2, 0.25) is 0 Å². The topological polar surface area (TPSA) is 55.6 Å². The lowest BCUT2D eigenvalue weighted by Crippen LogP contribution is -2.53. The van der Waals surface area contributed by atoms with Crippen molar-refractivity contribution in [2.75, 3.05) is 19.7 Å². The van der Waals surface area contributed by atoms with E-state index in [0.29, 0.717) is 5.92 Å². The summed E-state index contributed by atoms with van der Waals surface area (Å²) in [7, 11) is 0. The Balaban J connectivity index is 0.00000200. The molecule has 0 radical (unpaired) electrons. The van der Waals surface area contributed by atoms with Gasteiger partial charge in [-0.3, -0.25) is 4.79 Å². The van der Waals surface area contributed by atoms with Crippen molar-refractivity contribution in [3.8, 4) is 0 Å². The highest BCUT2D eigenvalue weighted by Crippen LogP contribution is 2.30. The second kappa shape index (κ2) is 7.62. The van der Waals surface area contributed by atoms with E-state index < -0.39 is 5.54 Å². The number of ether oxygens (including phenoxy) is 1. The molecule has 2 aliphatic rings. The predicted molar refractivity (Wildman–Crippen MR) is 83.0 cm³/mol. The largest absolute Gasteiger partial charge is 0.376 e. The molecule has 1 saturated heterocycles. The van der Waals surface area contributed by atoms with Crippen LogP contribution in [0.3, 0.4) is 0 Å². The number of likely N-dealkylation sites (tertiary alicyclic amines) is 1. The molecule has 1 saturated carbocycles. The third-order valence-corrected chi connectivity index (χ3v) is 4.40. The van der Waals surface area contributed by atoms with Crippen LogP contribution >= 0.6 is 12.4 Å². The maximum absolute atomic E-state index is 12.4. The summed E-state index contributed by atoms with van der Waals surface area (Å²) in [6.07, 6.45) is 6.13. The SMILES string of the molecule is CC(C)CCOC1CCN(C(=O)C2(N)CCCC2)C1.Cl. The van der Waals surface area contributed by atoms with Crippen LogP contribution in [0.4, 0.5) is 0 Å². The molecule has 0 bridgehead atoms. The van der Waals surface area contributed by atoms with Gasteiger partial charge >= 0.3 is 0 Å². The molecule has 0 aromatic carbocycles. The third-order valence-electron chi connectivity index (χ3n) is 4.40. The average molecular weight is 305 g/mol. The summed E-state index contributed by atoms with van der Waals surface area (Å²) in [5.74, 6) is 0.824. The Bertz CT molecular complexity index is 317. The van der Waals surface area contributed by atoms with Gasteiger partial charge < -0.3 is 15.4 Å². The number of halogens is 1. The molecular formula is C15H29ClN2O2. The first-order valence-corrected chi connectivity index (χ1v) is 7.71. The van der Waals surface area contributed by atoms with Crippen molar-refractivity contribution in [3.63, 3.8) is 0 Å². The van der Waals surface area contributed by atoms with E-state index in [1.54, 1.807) is 0 Å². The normalized spacial score (nSPS) is 25.0. The summed E-state index contributed by atoms with van der Waals surface area (Å²) in [5.41, 5.74) is 5.66. The van der Waals surface area contributed by atoms with Gasteiger partial charge in [-0.25, -0.2) is 0 Å². The van der Waals surface area contributed by atoms with Gasteiger partial charge in [0, 0.05) is 19.7 Å². The Labute approximate surface area is 128 Å². The first-order valence-electron chi connectivity index (χ1n) is 7.71. The molecule has 1 aliphatic heterocycles. The van der Waals surface area contributed by atoms with Crippen molar-refractivity contribution in [3.05, 3.63) is 0 Å². The van der Waals surface area contributed by atoms with E-state index in [-0.39, 0.29) is 24.4 Å². The molecule has 1 aliphatic carbocycles. The molecule has 0 aromatic heterocycles. The fourth-order valence-corrected chi connectivity index (χ4v) is 3.05. The third kappa shape index (κ3) is 4.34. The minimum Gasteiger partial charge on any atom is -0.376 e. The van der Waals surface area contributed by atoms with E-state index in [0.717, 1.165) is 58.2 Å². The number of carbonyl (C=O) groups is 1. The molecule has 20 heavy (non-hydrogen) atoms. The van der Waals surface area contributed by atoms with Crippen LogP contribution in [-0.2, 0) is 9.53 Å². The highest BCUT2D eigenvalue weighted by molar-refractivity contribution is 5.86. The standard InChI is InChI=1S/C15H28N2O2.ClH/c1-12(2)6-10-19-13-5-9-17(11-13)14(18)15(16)7-3-4-8-15;/h12-13H,3-11,16H2,1-2H3;1H. The van der Waals surface area contributed by atoms with E-state index in [1.165, 1.54) is 0 Å². The number of nitrogens with two attached hydrogens (primary N) is 1. The monoisotopic (exact) mass is 304 g/mol. The number of rotatable bonds is 5. The van der Waals surface area contributed by atoms with Crippen LogP contribution in [0, 0.1) is 5.92 Å². The van der Waals surface area contributed by atoms with Crippen molar-refractivity contribution >= 4 is 18.3 Å². The van der Waals surface area contributed by atoms with E-state index in [1.807, 2.05) is 4.90 Å². The Morgan fingerprint density at radius 2 is 2.05 bits per heavy atom. The van der Waals surface area contributed by atoms with Crippen molar-refractivity contribution < 1.29 is 9.53 Å². The lowest BCUT2D eigenvalue weighted by Gasteiger charge is -2.28. The van der Waals surface area contributed by atoms with Gasteiger partial charge in [-0.05, 0) is 31.6 Å². The Kier molecular flexibility index (Phi) is 6.76.